The number of hydrogen-bond acceptors (Lipinski definition) is 3. The molecule has 3 N–H and O–H groups in total. The Balaban J connectivity index is 3.12. The Bertz CT molecular complexity index is 498. The van der Waals surface area contributed by atoms with Crippen molar-refractivity contribution in [3.8, 4) is 0 Å². The van der Waals surface area contributed by atoms with Crippen LogP contribution in [0, 0.1) is 5.41 Å². The second-order valence-electron chi connectivity index (χ2n) is 5.40. The van der Waals surface area contributed by atoms with Gasteiger partial charge in [0, 0.05) is 12.0 Å². The molecule has 0 saturated heterocycles. The van der Waals surface area contributed by atoms with Gasteiger partial charge in [0.1, 0.15) is 0 Å². The average molecular weight is 278 g/mol. The van der Waals surface area contributed by atoms with Crippen LogP contribution in [0.15, 0.2) is 24.3 Å². The number of nitrogens with two attached hydrogens (primary N) is 1. The number of para-hydroxylation sites is 2. The molecule has 0 spiro atoms. The molecule has 0 heterocycles. The van der Waals surface area contributed by atoms with Crippen LogP contribution < -0.4 is 10.6 Å². The highest BCUT2D eigenvalue weighted by Crippen LogP contribution is 2.30. The Morgan fingerprint density at radius 2 is 1.90 bits per heavy atom. The summed E-state index contributed by atoms with van der Waals surface area (Å²) < 4.78 is 0. The highest BCUT2D eigenvalue weighted by molar-refractivity contribution is 5.99. The Morgan fingerprint density at radius 3 is 2.40 bits per heavy atom. The third kappa shape index (κ3) is 3.73. The molecule has 0 aromatic heterocycles. The fourth-order valence-corrected chi connectivity index (χ4v) is 1.79. The van der Waals surface area contributed by atoms with Gasteiger partial charge in [-0.25, -0.2) is 0 Å². The molecule has 0 aliphatic rings. The highest BCUT2D eigenvalue weighted by atomic mass is 16.4. The topological polar surface area (TPSA) is 83.6 Å². The minimum Gasteiger partial charge on any atom is -0.481 e. The number of carboxylic acid groups (broad SMARTS) is 1. The van der Waals surface area contributed by atoms with E-state index in [1.54, 1.807) is 24.3 Å². The van der Waals surface area contributed by atoms with Gasteiger partial charge in [0.2, 0.25) is 5.91 Å². The number of nitrogen functional groups attached to an aromatic ring is 1. The molecule has 5 heteroatoms. The first-order valence-electron chi connectivity index (χ1n) is 6.68. The van der Waals surface area contributed by atoms with E-state index >= 15 is 0 Å². The first-order valence-corrected chi connectivity index (χ1v) is 6.68. The maximum atomic E-state index is 12.6. The van der Waals surface area contributed by atoms with E-state index in [9.17, 15) is 9.59 Å². The van der Waals surface area contributed by atoms with Crippen molar-refractivity contribution in [1.29, 1.82) is 0 Å². The molecular formula is C15H22N2O3. The molecule has 0 fully saturated rings. The van der Waals surface area contributed by atoms with E-state index < -0.39 is 11.4 Å². The van der Waals surface area contributed by atoms with Gasteiger partial charge in [-0.05, 0) is 18.6 Å². The monoisotopic (exact) mass is 278 g/mol. The molecule has 110 valence electrons. The molecule has 5 nitrogen and oxygen atoms in total. The molecule has 1 aromatic carbocycles. The zero-order chi connectivity index (χ0) is 15.3. The lowest BCUT2D eigenvalue weighted by Gasteiger charge is -2.31. The predicted molar refractivity (Wildman–Crippen MR) is 79.5 cm³/mol. The van der Waals surface area contributed by atoms with Crippen molar-refractivity contribution >= 4 is 23.3 Å². The van der Waals surface area contributed by atoms with Gasteiger partial charge in [0.05, 0.1) is 17.8 Å². The Kier molecular flexibility index (Phi) is 5.13. The first kappa shape index (κ1) is 16.0. The Labute approximate surface area is 119 Å². The van der Waals surface area contributed by atoms with E-state index in [-0.39, 0.29) is 18.9 Å². The summed E-state index contributed by atoms with van der Waals surface area (Å²) in [5.74, 6) is -1.05. The van der Waals surface area contributed by atoms with Crippen molar-refractivity contribution in [2.75, 3.05) is 17.2 Å². The number of amides is 1. The van der Waals surface area contributed by atoms with Crippen molar-refractivity contribution in [1.82, 2.24) is 0 Å². The quantitative estimate of drug-likeness (QED) is 0.783. The van der Waals surface area contributed by atoms with Gasteiger partial charge in [0.25, 0.3) is 0 Å². The largest absolute Gasteiger partial charge is 0.481 e. The van der Waals surface area contributed by atoms with Crippen LogP contribution in [0.25, 0.3) is 0 Å². The summed E-state index contributed by atoms with van der Waals surface area (Å²) in [5, 5.41) is 8.85. The molecule has 0 aliphatic carbocycles. The van der Waals surface area contributed by atoms with Crippen molar-refractivity contribution in [3.05, 3.63) is 24.3 Å². The van der Waals surface area contributed by atoms with Gasteiger partial charge in [-0.15, -0.1) is 0 Å². The van der Waals surface area contributed by atoms with E-state index in [1.165, 1.54) is 4.90 Å². The number of benzene rings is 1. The van der Waals surface area contributed by atoms with Crippen LogP contribution in [0.2, 0.25) is 0 Å². The molecule has 0 unspecified atom stereocenters. The van der Waals surface area contributed by atoms with Gasteiger partial charge in [-0.1, -0.05) is 32.9 Å². The second kappa shape index (κ2) is 6.41. The van der Waals surface area contributed by atoms with Crippen LogP contribution >= 0.6 is 0 Å². The summed E-state index contributed by atoms with van der Waals surface area (Å²) in [6.45, 7) is 5.75. The number of anilines is 2. The fourth-order valence-electron chi connectivity index (χ4n) is 1.79. The first-order chi connectivity index (χ1) is 9.29. The fraction of sp³-hybridized carbons (Fsp3) is 0.467. The average Bonchev–Trinajstić information content (AvgIpc) is 2.40. The molecule has 0 bridgehead atoms. The lowest BCUT2D eigenvalue weighted by atomic mass is 9.88. The number of carbonyl (C=O) groups excluding carboxylic acids is 1. The van der Waals surface area contributed by atoms with Crippen LogP contribution in [0.3, 0.4) is 0 Å². The second-order valence-corrected chi connectivity index (χ2v) is 5.40. The van der Waals surface area contributed by atoms with Gasteiger partial charge < -0.3 is 15.7 Å². The zero-order valence-electron chi connectivity index (χ0n) is 12.2. The SMILES string of the molecule is CCC(C)(C)C(=O)N(CCC(=O)O)c1ccccc1N. The molecule has 0 aliphatic heterocycles. The summed E-state index contributed by atoms with van der Waals surface area (Å²) in [4.78, 5) is 24.9. The smallest absolute Gasteiger partial charge is 0.305 e. The summed E-state index contributed by atoms with van der Waals surface area (Å²) in [6.07, 6.45) is 0.558. The molecular weight excluding hydrogens is 256 g/mol. The summed E-state index contributed by atoms with van der Waals surface area (Å²) in [5.41, 5.74) is 6.39. The van der Waals surface area contributed by atoms with E-state index in [2.05, 4.69) is 0 Å². The molecule has 1 aromatic rings. The lowest BCUT2D eigenvalue weighted by molar-refractivity contribution is -0.136. The van der Waals surface area contributed by atoms with Crippen molar-refractivity contribution in [2.24, 2.45) is 5.41 Å². The minimum atomic E-state index is -0.938. The van der Waals surface area contributed by atoms with E-state index in [0.29, 0.717) is 17.8 Å². The number of hydrogen-bond donors (Lipinski definition) is 2. The van der Waals surface area contributed by atoms with Gasteiger partial charge in [-0.2, -0.15) is 0 Å². The number of nitrogens with zero attached hydrogens (tertiary/aromatic N) is 1. The van der Waals surface area contributed by atoms with Gasteiger partial charge in [0.15, 0.2) is 0 Å². The minimum absolute atomic E-state index is 0.111. The van der Waals surface area contributed by atoms with Crippen LogP contribution in [-0.4, -0.2) is 23.5 Å². The predicted octanol–water partition coefficient (Wildman–Crippen LogP) is 2.51. The normalized spacial score (nSPS) is 11.2. The van der Waals surface area contributed by atoms with Crippen LogP contribution in [0.4, 0.5) is 11.4 Å². The number of aliphatic carboxylic acids is 1. The maximum absolute atomic E-state index is 12.6. The van der Waals surface area contributed by atoms with Crippen LogP contribution in [0.1, 0.15) is 33.6 Å². The Hall–Kier alpha value is -2.04. The molecule has 1 rings (SSSR count). The molecule has 0 radical (unpaired) electrons. The van der Waals surface area contributed by atoms with E-state index in [0.717, 1.165) is 0 Å². The standard InChI is InChI=1S/C15H22N2O3/c1-4-15(2,3)14(20)17(10-9-13(18)19)12-8-6-5-7-11(12)16/h5-8H,4,9-10,16H2,1-3H3,(H,18,19). The van der Waals surface area contributed by atoms with Crippen LogP contribution in [-0.2, 0) is 9.59 Å². The summed E-state index contributed by atoms with van der Waals surface area (Å²) in [7, 11) is 0. The summed E-state index contributed by atoms with van der Waals surface area (Å²) >= 11 is 0. The number of carboxylic acids is 1. The van der Waals surface area contributed by atoms with Gasteiger partial charge >= 0.3 is 5.97 Å². The van der Waals surface area contributed by atoms with Crippen molar-refractivity contribution in [3.63, 3.8) is 0 Å². The van der Waals surface area contributed by atoms with E-state index in [4.69, 9.17) is 10.8 Å². The molecule has 20 heavy (non-hydrogen) atoms. The van der Waals surface area contributed by atoms with E-state index in [1.807, 2.05) is 20.8 Å². The van der Waals surface area contributed by atoms with Crippen molar-refractivity contribution < 1.29 is 14.7 Å². The molecule has 0 atom stereocenters. The van der Waals surface area contributed by atoms with Crippen LogP contribution in [0.5, 0.6) is 0 Å². The number of carbonyl (C=O) groups is 2. The molecule has 1 amide bonds. The van der Waals surface area contributed by atoms with Gasteiger partial charge in [-0.3, -0.25) is 9.59 Å². The number of rotatable bonds is 6. The highest BCUT2D eigenvalue weighted by Gasteiger charge is 2.31. The zero-order valence-corrected chi connectivity index (χ0v) is 12.2. The molecule has 0 saturated carbocycles. The maximum Gasteiger partial charge on any atom is 0.305 e. The third-order valence-corrected chi connectivity index (χ3v) is 3.48. The Morgan fingerprint density at radius 1 is 1.30 bits per heavy atom. The summed E-state index contributed by atoms with van der Waals surface area (Å²) in [6, 6.07) is 7.01. The lowest BCUT2D eigenvalue weighted by Crippen LogP contribution is -2.42. The third-order valence-electron chi connectivity index (χ3n) is 3.48. The van der Waals surface area contributed by atoms with Crippen molar-refractivity contribution in [2.45, 2.75) is 33.6 Å².